The number of hydrogen-bond acceptors (Lipinski definition) is 3. The van der Waals surface area contributed by atoms with Crippen molar-refractivity contribution in [2.24, 2.45) is 0 Å². The third kappa shape index (κ3) is 6.48. The first-order valence-electron chi connectivity index (χ1n) is 8.23. The molecule has 4 nitrogen and oxygen atoms in total. The van der Waals surface area contributed by atoms with Crippen LogP contribution in [0.15, 0.2) is 42.6 Å². The quantitative estimate of drug-likeness (QED) is 0.670. The minimum atomic E-state index is 0.0652. The summed E-state index contributed by atoms with van der Waals surface area (Å²) in [4.78, 5) is 12.0. The number of aryl methyl sites for hydroxylation is 2. The fourth-order valence-electron chi connectivity index (χ4n) is 2.22. The average molecular weight is 331 g/mol. The van der Waals surface area contributed by atoms with E-state index in [-0.39, 0.29) is 5.91 Å². The molecule has 1 amide bonds. The molecule has 0 aliphatic heterocycles. The Morgan fingerprint density at radius 3 is 2.83 bits per heavy atom. The van der Waals surface area contributed by atoms with Crippen LogP contribution in [0.25, 0.3) is 0 Å². The number of thioether (sulfide) groups is 1. The van der Waals surface area contributed by atoms with Crippen molar-refractivity contribution in [3.63, 3.8) is 0 Å². The molecule has 23 heavy (non-hydrogen) atoms. The van der Waals surface area contributed by atoms with Crippen molar-refractivity contribution in [3.8, 4) is 0 Å². The Morgan fingerprint density at radius 2 is 2.04 bits per heavy atom. The Hall–Kier alpha value is -1.75. The summed E-state index contributed by atoms with van der Waals surface area (Å²) in [5.41, 5.74) is 1.27. The van der Waals surface area contributed by atoms with Crippen molar-refractivity contribution in [3.05, 3.63) is 48.2 Å². The molecule has 2 aromatic rings. The molecular formula is C18H25N3OS. The van der Waals surface area contributed by atoms with Crippen LogP contribution in [0.5, 0.6) is 0 Å². The lowest BCUT2D eigenvalue weighted by atomic mass is 10.1. The van der Waals surface area contributed by atoms with Gasteiger partial charge in [0, 0.05) is 24.8 Å². The van der Waals surface area contributed by atoms with Crippen LogP contribution in [0, 0.1) is 0 Å². The van der Waals surface area contributed by atoms with Gasteiger partial charge >= 0.3 is 0 Å². The molecule has 0 atom stereocenters. The number of nitrogens with one attached hydrogen (secondary N) is 1. The molecule has 1 heterocycles. The third-order valence-electron chi connectivity index (χ3n) is 3.55. The SMILES string of the molecule is CCCCSCCC(=O)Nc1ccnn1CCc1ccccc1. The number of nitrogens with zero attached hydrogens (tertiary/aromatic N) is 2. The van der Waals surface area contributed by atoms with Crippen LogP contribution in [-0.2, 0) is 17.8 Å². The minimum absolute atomic E-state index is 0.0652. The number of hydrogen-bond donors (Lipinski definition) is 1. The molecule has 124 valence electrons. The predicted molar refractivity (Wildman–Crippen MR) is 97.9 cm³/mol. The van der Waals surface area contributed by atoms with Crippen LogP contribution < -0.4 is 5.32 Å². The van der Waals surface area contributed by atoms with Crippen molar-refractivity contribution in [2.75, 3.05) is 16.8 Å². The zero-order chi connectivity index (χ0) is 16.3. The Morgan fingerprint density at radius 1 is 1.22 bits per heavy atom. The molecule has 0 fully saturated rings. The second-order valence-corrected chi connectivity index (χ2v) is 6.66. The van der Waals surface area contributed by atoms with Gasteiger partial charge in [0.25, 0.3) is 0 Å². The van der Waals surface area contributed by atoms with Crippen molar-refractivity contribution >= 4 is 23.5 Å². The summed E-state index contributed by atoms with van der Waals surface area (Å²) in [6, 6.07) is 12.2. The first-order chi connectivity index (χ1) is 11.3. The number of aromatic nitrogens is 2. The average Bonchev–Trinajstić information content (AvgIpc) is 3.01. The van der Waals surface area contributed by atoms with Gasteiger partial charge in [-0.25, -0.2) is 4.68 Å². The van der Waals surface area contributed by atoms with Gasteiger partial charge in [-0.15, -0.1) is 0 Å². The Bertz CT molecular complexity index is 583. The standard InChI is InChI=1S/C18H25N3OS/c1-2-3-14-23-15-11-18(22)20-17-9-12-19-21(17)13-10-16-7-5-4-6-8-16/h4-9,12H,2-3,10-11,13-15H2,1H3,(H,20,22). The highest BCUT2D eigenvalue weighted by molar-refractivity contribution is 7.99. The maximum atomic E-state index is 12.0. The molecule has 0 unspecified atom stereocenters. The van der Waals surface area contributed by atoms with Crippen molar-refractivity contribution in [1.29, 1.82) is 0 Å². The lowest BCUT2D eigenvalue weighted by Gasteiger charge is -2.09. The summed E-state index contributed by atoms with van der Waals surface area (Å²) in [5, 5.41) is 7.27. The highest BCUT2D eigenvalue weighted by atomic mass is 32.2. The van der Waals surface area contributed by atoms with Crippen LogP contribution in [0.1, 0.15) is 31.7 Å². The summed E-state index contributed by atoms with van der Waals surface area (Å²) < 4.78 is 1.86. The summed E-state index contributed by atoms with van der Waals surface area (Å²) >= 11 is 1.85. The monoisotopic (exact) mass is 331 g/mol. The molecule has 0 spiro atoms. The van der Waals surface area contributed by atoms with Gasteiger partial charge in [0.15, 0.2) is 0 Å². The van der Waals surface area contributed by atoms with Gasteiger partial charge in [-0.1, -0.05) is 43.7 Å². The van der Waals surface area contributed by atoms with E-state index in [4.69, 9.17) is 0 Å². The normalized spacial score (nSPS) is 10.7. The zero-order valence-corrected chi connectivity index (χ0v) is 14.5. The van der Waals surface area contributed by atoms with Gasteiger partial charge in [0.1, 0.15) is 5.82 Å². The molecule has 1 aromatic carbocycles. The number of unbranched alkanes of at least 4 members (excludes halogenated alkanes) is 1. The number of rotatable bonds is 10. The van der Waals surface area contributed by atoms with E-state index < -0.39 is 0 Å². The van der Waals surface area contributed by atoms with E-state index >= 15 is 0 Å². The number of carbonyl (C=O) groups is 1. The molecule has 5 heteroatoms. The van der Waals surface area contributed by atoms with Crippen LogP contribution in [-0.4, -0.2) is 27.2 Å². The largest absolute Gasteiger partial charge is 0.311 e. The van der Waals surface area contributed by atoms with Crippen LogP contribution >= 0.6 is 11.8 Å². The van der Waals surface area contributed by atoms with E-state index in [1.165, 1.54) is 18.4 Å². The van der Waals surface area contributed by atoms with Gasteiger partial charge in [0.2, 0.25) is 5.91 Å². The van der Waals surface area contributed by atoms with Crippen molar-refractivity contribution in [1.82, 2.24) is 9.78 Å². The zero-order valence-electron chi connectivity index (χ0n) is 13.7. The second-order valence-electron chi connectivity index (χ2n) is 5.44. The Balaban J connectivity index is 1.75. The summed E-state index contributed by atoms with van der Waals surface area (Å²) in [5.74, 6) is 2.86. The predicted octanol–water partition coefficient (Wildman–Crippen LogP) is 3.99. The molecule has 0 aliphatic rings. The van der Waals surface area contributed by atoms with Gasteiger partial charge in [-0.05, 0) is 24.2 Å². The first kappa shape index (κ1) is 17.6. The van der Waals surface area contributed by atoms with E-state index in [9.17, 15) is 4.79 Å². The van der Waals surface area contributed by atoms with E-state index in [1.54, 1.807) is 6.20 Å². The number of anilines is 1. The Labute approximate surface area is 142 Å². The van der Waals surface area contributed by atoms with Gasteiger partial charge in [0.05, 0.1) is 6.20 Å². The van der Waals surface area contributed by atoms with Crippen LogP contribution in [0.3, 0.4) is 0 Å². The topological polar surface area (TPSA) is 46.9 Å². The molecular weight excluding hydrogens is 306 g/mol. The van der Waals surface area contributed by atoms with E-state index in [2.05, 4.69) is 29.5 Å². The third-order valence-corrected chi connectivity index (χ3v) is 4.62. The summed E-state index contributed by atoms with van der Waals surface area (Å²) in [6.07, 6.45) is 5.62. The lowest BCUT2D eigenvalue weighted by molar-refractivity contribution is -0.115. The molecule has 1 N–H and O–H groups in total. The maximum absolute atomic E-state index is 12.0. The molecule has 1 aromatic heterocycles. The number of carbonyl (C=O) groups excluding carboxylic acids is 1. The fraction of sp³-hybridized carbons (Fsp3) is 0.444. The van der Waals surface area contributed by atoms with Gasteiger partial charge in [-0.3, -0.25) is 4.79 Å². The minimum Gasteiger partial charge on any atom is -0.311 e. The van der Waals surface area contributed by atoms with Crippen LogP contribution in [0.4, 0.5) is 5.82 Å². The smallest absolute Gasteiger partial charge is 0.226 e. The number of benzene rings is 1. The highest BCUT2D eigenvalue weighted by Gasteiger charge is 2.07. The van der Waals surface area contributed by atoms with Gasteiger partial charge in [-0.2, -0.15) is 16.9 Å². The second kappa shape index (κ2) is 10.1. The van der Waals surface area contributed by atoms with Gasteiger partial charge < -0.3 is 5.32 Å². The summed E-state index contributed by atoms with van der Waals surface area (Å²) in [6.45, 7) is 2.95. The lowest BCUT2D eigenvalue weighted by Crippen LogP contribution is -2.16. The fourth-order valence-corrected chi connectivity index (χ4v) is 3.24. The highest BCUT2D eigenvalue weighted by Crippen LogP contribution is 2.11. The van der Waals surface area contributed by atoms with Crippen LogP contribution in [0.2, 0.25) is 0 Å². The molecule has 0 bridgehead atoms. The van der Waals surface area contributed by atoms with E-state index in [0.717, 1.165) is 30.3 Å². The first-order valence-corrected chi connectivity index (χ1v) is 9.38. The Kier molecular flexibility index (Phi) is 7.73. The number of amides is 1. The maximum Gasteiger partial charge on any atom is 0.226 e. The molecule has 0 radical (unpaired) electrons. The molecule has 2 rings (SSSR count). The molecule has 0 saturated heterocycles. The van der Waals surface area contributed by atoms with E-state index in [1.807, 2.05) is 40.7 Å². The van der Waals surface area contributed by atoms with Crippen molar-refractivity contribution < 1.29 is 4.79 Å². The molecule has 0 aliphatic carbocycles. The summed E-state index contributed by atoms with van der Waals surface area (Å²) in [7, 11) is 0. The van der Waals surface area contributed by atoms with Crippen molar-refractivity contribution in [2.45, 2.75) is 39.2 Å². The van der Waals surface area contributed by atoms with E-state index in [0.29, 0.717) is 6.42 Å². The molecule has 0 saturated carbocycles.